The molecule has 0 unspecified atom stereocenters. The number of nitrogens with zero attached hydrogens (tertiary/aromatic N) is 7. The van der Waals surface area contributed by atoms with Crippen LogP contribution in [0.5, 0.6) is 0 Å². The van der Waals surface area contributed by atoms with Gasteiger partial charge in [-0.25, -0.2) is 21.8 Å². The standard InChI is InChI=1S/C27H19NO3S.C26H28ClN3O3S.C24H16ClN5OS.4C5H12.CH4/c29-24-16-19-13-15-25(22-11-5-10-21(24)26(19)22)32(30,31)28-23-14-12-17-8-4-9-20(17)27(23)18-6-2-1-3-7-18;1-21-24(27)13-8-14-25(21)30(34(32,33)23-11-6-3-7-12-23)20-26(31)29-17-15-28(16-18-29)19-22-9-4-2-5-10-22;25-18-11-13-19(14-12-18)27-28-22-21(17-9-5-2-6-10-17)29-30(23(22)31)24-26-20(15-32-24)16-7-3-1-4-8-16;4*1-5(2,3)4;/h1-7,9-15,28H,8,16H2;2-14H,15-20H2,1H3;1-15,29H;4*1-4H3;1H4. The van der Waals surface area contributed by atoms with Gasteiger partial charge in [0.2, 0.25) is 11.0 Å². The van der Waals surface area contributed by atoms with E-state index in [9.17, 15) is 31.2 Å². The van der Waals surface area contributed by atoms with Crippen molar-refractivity contribution in [3.05, 3.63) is 302 Å². The Morgan fingerprint density at radius 3 is 1.67 bits per heavy atom. The van der Waals surface area contributed by atoms with Crippen molar-refractivity contribution in [2.24, 2.45) is 31.9 Å². The molecule has 15 rings (SSSR count). The van der Waals surface area contributed by atoms with Gasteiger partial charge in [0, 0.05) is 82.2 Å². The molecule has 0 saturated carbocycles. The van der Waals surface area contributed by atoms with Crippen LogP contribution in [0.4, 0.5) is 22.7 Å². The van der Waals surface area contributed by atoms with E-state index in [2.05, 4.69) is 165 Å². The van der Waals surface area contributed by atoms with Gasteiger partial charge in [-0.15, -0.1) is 16.5 Å². The lowest BCUT2D eigenvalue weighted by molar-refractivity contribution is -0.131. The highest BCUT2D eigenvalue weighted by Gasteiger charge is 2.33. The molecule has 2 aromatic heterocycles. The summed E-state index contributed by atoms with van der Waals surface area (Å²) in [6.07, 6.45) is 5.31. The maximum Gasteiger partial charge on any atom is 0.301 e. The summed E-state index contributed by atoms with van der Waals surface area (Å²) in [5, 5.41) is 16.5. The first-order chi connectivity index (χ1) is 55.6. The van der Waals surface area contributed by atoms with Crippen molar-refractivity contribution < 1.29 is 26.4 Å². The number of amides is 1. The second-order valence-electron chi connectivity index (χ2n) is 35.4. The average Bonchev–Trinajstić information content (AvgIpc) is 1.66. The molecule has 21 heteroatoms. The van der Waals surface area contributed by atoms with Crippen molar-refractivity contribution in [1.29, 1.82) is 0 Å². The van der Waals surface area contributed by atoms with E-state index >= 15 is 0 Å². The average molecular weight is 1700 g/mol. The Balaban J connectivity index is 0.000000198. The third-order valence-corrected chi connectivity index (χ3v) is 21.8. The first-order valence-corrected chi connectivity index (χ1v) is 44.1. The molecule has 1 aliphatic heterocycles. The number of ketones is 1. The van der Waals surface area contributed by atoms with Crippen LogP contribution in [0.25, 0.3) is 55.6 Å². The summed E-state index contributed by atoms with van der Waals surface area (Å²) in [5.41, 5.74) is 14.0. The van der Waals surface area contributed by atoms with Crippen LogP contribution in [0.2, 0.25) is 10.0 Å². The van der Waals surface area contributed by atoms with Crippen molar-refractivity contribution >= 4 is 106 Å². The van der Waals surface area contributed by atoms with E-state index in [1.165, 1.54) is 43.6 Å². The molecule has 1 saturated heterocycles. The van der Waals surface area contributed by atoms with E-state index in [1.807, 2.05) is 127 Å². The summed E-state index contributed by atoms with van der Waals surface area (Å²) in [6.45, 7) is 39.9. The number of nitrogens with one attached hydrogen (secondary N) is 2. The van der Waals surface area contributed by atoms with Crippen LogP contribution in [0.15, 0.2) is 273 Å². The van der Waals surface area contributed by atoms with Crippen LogP contribution in [-0.4, -0.2) is 85.8 Å². The lowest BCUT2D eigenvalue weighted by atomic mass is 9.95. The molecule has 0 atom stereocenters. The highest BCUT2D eigenvalue weighted by Crippen LogP contribution is 2.41. The zero-order valence-electron chi connectivity index (χ0n) is 70.9. The van der Waals surface area contributed by atoms with Gasteiger partial charge in [-0.05, 0) is 134 Å². The number of Topliss-reactive ketones (excluding diaryl/α,β-unsaturated/α-hetero) is 1. The number of carbonyl (C=O) groups is 2. The maximum atomic E-state index is 13.6. The van der Waals surface area contributed by atoms with E-state index in [0.29, 0.717) is 95.6 Å². The second kappa shape index (κ2) is 41.5. The molecule has 16 nitrogen and oxygen atoms in total. The SMILES string of the molecule is C.CC(C)(C)C.CC(C)(C)C.CC(C)(C)C.CC(C)(C)C.Cc1c(Cl)cccc1N(CC(=O)N1CCN(Cc2ccccc2)CC1)S(=O)(=O)c1ccccc1.O=C1Cc2ccc(S(=O)(=O)Nc3ccc4c(c3-c3ccccc3)C=CC4)c3cccc1c23.O=c1c(N=Nc2ccc(Cl)cc2)c(-c2ccccc2)[nH]n1-c1nc(-c2ccccc2)cs1. The van der Waals surface area contributed by atoms with Crippen molar-refractivity contribution in [2.45, 2.75) is 154 Å². The number of anilines is 2. The molecule has 0 bridgehead atoms. The first kappa shape index (κ1) is 94.1. The van der Waals surface area contributed by atoms with Gasteiger partial charge < -0.3 is 4.90 Å². The smallest absolute Gasteiger partial charge is 0.301 e. The number of fused-ring (bicyclic) bond motifs is 1. The van der Waals surface area contributed by atoms with Gasteiger partial charge >= 0.3 is 5.56 Å². The zero-order valence-corrected chi connectivity index (χ0v) is 74.8. The third kappa shape index (κ3) is 28.1. The quantitative estimate of drug-likeness (QED) is 0.0883. The molecule has 2 aliphatic carbocycles. The number of allylic oxidation sites excluding steroid dienone is 1. The minimum atomic E-state index is -3.96. The van der Waals surface area contributed by atoms with E-state index in [1.54, 1.807) is 103 Å². The van der Waals surface area contributed by atoms with Crippen LogP contribution in [0.3, 0.4) is 0 Å². The Morgan fingerprint density at radius 2 is 1.10 bits per heavy atom. The van der Waals surface area contributed by atoms with E-state index in [-0.39, 0.29) is 46.7 Å². The number of azo groups is 1. The topological polar surface area (TPSA) is 200 Å². The fourth-order valence-electron chi connectivity index (χ4n) is 12.2. The van der Waals surface area contributed by atoms with Gasteiger partial charge in [0.1, 0.15) is 6.54 Å². The molecule has 0 radical (unpaired) electrons. The molecule has 1 amide bonds. The lowest BCUT2D eigenvalue weighted by Gasteiger charge is -2.36. The minimum Gasteiger partial charge on any atom is -0.339 e. The monoisotopic (exact) mass is 1700 g/mol. The number of sulfonamides is 2. The number of hydrogen-bond donors (Lipinski definition) is 2. The molecular weight excluding hydrogens is 1580 g/mol. The maximum absolute atomic E-state index is 13.6. The zero-order chi connectivity index (χ0) is 85.9. The Hall–Kier alpha value is -10.4. The minimum absolute atomic E-state index is 0. The summed E-state index contributed by atoms with van der Waals surface area (Å²) >= 11 is 13.6. The van der Waals surface area contributed by atoms with Crippen molar-refractivity contribution in [1.82, 2.24) is 24.6 Å². The number of H-pyrrole nitrogens is 1. The number of hydrogen-bond acceptors (Lipinski definition) is 12. The Labute approximate surface area is 720 Å². The Morgan fingerprint density at radius 1 is 0.580 bits per heavy atom. The number of aromatic amines is 1. The van der Waals surface area contributed by atoms with Gasteiger partial charge in [0.25, 0.3) is 20.0 Å². The molecule has 3 heterocycles. The summed E-state index contributed by atoms with van der Waals surface area (Å²) in [4.78, 5) is 48.0. The third-order valence-electron chi connectivity index (χ3n) is 17.2. The number of halogens is 2. The molecule has 12 aromatic rings. The van der Waals surface area contributed by atoms with E-state index < -0.39 is 20.0 Å². The van der Waals surface area contributed by atoms with Crippen LogP contribution < -0.4 is 14.6 Å². The van der Waals surface area contributed by atoms with E-state index in [4.69, 9.17) is 23.2 Å². The van der Waals surface area contributed by atoms with Gasteiger partial charge in [-0.1, -0.05) is 329 Å². The van der Waals surface area contributed by atoms with Crippen LogP contribution in [0.1, 0.15) is 156 Å². The summed E-state index contributed by atoms with van der Waals surface area (Å²) in [5.74, 6) is -0.192. The van der Waals surface area contributed by atoms with Crippen molar-refractivity contribution in [2.75, 3.05) is 41.8 Å². The van der Waals surface area contributed by atoms with Crippen LogP contribution in [0, 0.1) is 28.6 Å². The number of piperazine rings is 1. The number of rotatable bonds is 16. The summed E-state index contributed by atoms with van der Waals surface area (Å²) < 4.78 is 59.8. The van der Waals surface area contributed by atoms with Crippen LogP contribution >= 0.6 is 34.5 Å². The second-order valence-corrected chi connectivity index (χ2v) is 40.6. The molecule has 1 fully saturated rings. The molecule has 0 spiro atoms. The summed E-state index contributed by atoms with van der Waals surface area (Å²) in [7, 11) is -7.86. The normalized spacial score (nSPS) is 13.1. The first-order valence-electron chi connectivity index (χ1n) is 39.5. The highest BCUT2D eigenvalue weighted by molar-refractivity contribution is 7.93. The molecule has 119 heavy (non-hydrogen) atoms. The van der Waals surface area contributed by atoms with E-state index in [0.717, 1.165) is 70.5 Å². The van der Waals surface area contributed by atoms with Crippen molar-refractivity contribution in [3.63, 3.8) is 0 Å². The number of carbonyl (C=O) groups excluding carboxylic acids is 2. The Kier molecular flexibility index (Phi) is 32.8. The van der Waals surface area contributed by atoms with Gasteiger partial charge in [0.05, 0.1) is 38.2 Å². The largest absolute Gasteiger partial charge is 0.339 e. The fraction of sp³-hybridized carbons (Fsp3) is 0.306. The predicted octanol–water partition coefficient (Wildman–Crippen LogP) is 25.7. The predicted molar refractivity (Wildman–Crippen MR) is 499 cm³/mol. The number of benzene rings is 10. The van der Waals surface area contributed by atoms with Crippen LogP contribution in [-0.2, 0) is 44.2 Å². The number of aromatic nitrogens is 3. The molecule has 2 N–H and O–H groups in total. The molecule has 3 aliphatic rings. The molecule has 626 valence electrons. The fourth-order valence-corrected chi connectivity index (χ4v) is 16.0. The molecular formula is C98H115Cl2N9O7S3. The van der Waals surface area contributed by atoms with Gasteiger partial charge in [-0.2, -0.15) is 9.80 Å². The van der Waals surface area contributed by atoms with Crippen molar-refractivity contribution in [3.8, 4) is 38.8 Å². The summed E-state index contributed by atoms with van der Waals surface area (Å²) in [6, 6.07) is 72.1. The Bertz CT molecular complexity index is 5650. The lowest BCUT2D eigenvalue weighted by Crippen LogP contribution is -2.51. The van der Waals surface area contributed by atoms with Gasteiger partial charge in [-0.3, -0.25) is 33.4 Å². The highest BCUT2D eigenvalue weighted by atomic mass is 35.5. The number of thiazole rings is 1. The molecule has 10 aromatic carbocycles. The van der Waals surface area contributed by atoms with Gasteiger partial charge in [0.15, 0.2) is 11.5 Å².